The number of nitrogens with zero attached hydrogens (tertiary/aromatic N) is 2. The number of hydrogen-bond acceptors (Lipinski definition) is 3. The molecule has 100 valence electrons. The topological polar surface area (TPSA) is 70.7 Å². The van der Waals surface area contributed by atoms with E-state index < -0.39 is 0 Å². The number of nitrogens with one attached hydrogen (secondary N) is 2. The van der Waals surface area contributed by atoms with Gasteiger partial charge in [-0.2, -0.15) is 5.10 Å². The number of rotatable bonds is 3. The van der Waals surface area contributed by atoms with E-state index in [2.05, 4.69) is 36.4 Å². The molecule has 0 aliphatic carbocycles. The highest BCUT2D eigenvalue weighted by Gasteiger charge is 2.19. The lowest BCUT2D eigenvalue weighted by atomic mass is 10.1. The highest BCUT2D eigenvalue weighted by molar-refractivity contribution is 9.10. The van der Waals surface area contributed by atoms with Crippen LogP contribution in [0.1, 0.15) is 41.5 Å². The van der Waals surface area contributed by atoms with Crippen molar-refractivity contribution >= 4 is 27.7 Å². The summed E-state index contributed by atoms with van der Waals surface area (Å²) in [5.41, 5.74) is 2.28. The van der Waals surface area contributed by atoms with Crippen molar-refractivity contribution in [1.82, 2.24) is 15.2 Å². The van der Waals surface area contributed by atoms with Crippen LogP contribution in [0.3, 0.4) is 0 Å². The quantitative estimate of drug-likeness (QED) is 0.911. The van der Waals surface area contributed by atoms with Gasteiger partial charge in [0.25, 0.3) is 5.91 Å². The number of hydrogen-bond donors (Lipinski definition) is 2. The number of carbonyl (C=O) groups is 1. The van der Waals surface area contributed by atoms with Gasteiger partial charge in [-0.05, 0) is 46.5 Å². The first-order valence-electron chi connectivity index (χ1n) is 5.96. The Hall–Kier alpha value is -1.69. The van der Waals surface area contributed by atoms with Crippen molar-refractivity contribution in [3.8, 4) is 0 Å². The predicted molar refractivity (Wildman–Crippen MR) is 77.3 cm³/mol. The molecular weight excluding hydrogens is 308 g/mol. The van der Waals surface area contributed by atoms with Gasteiger partial charge in [0.15, 0.2) is 5.69 Å². The fraction of sp³-hybridized carbons (Fsp3) is 0.308. The lowest BCUT2D eigenvalue weighted by Crippen LogP contribution is -2.14. The van der Waals surface area contributed by atoms with Crippen molar-refractivity contribution in [2.75, 3.05) is 5.32 Å². The summed E-state index contributed by atoms with van der Waals surface area (Å²) in [5.74, 6) is 0.500. The minimum absolute atomic E-state index is 0.264. The molecule has 0 bridgehead atoms. The van der Waals surface area contributed by atoms with Crippen molar-refractivity contribution in [3.63, 3.8) is 0 Å². The third-order valence-electron chi connectivity index (χ3n) is 2.68. The smallest absolute Gasteiger partial charge is 0.278 e. The monoisotopic (exact) mass is 322 g/mol. The van der Waals surface area contributed by atoms with E-state index in [1.54, 1.807) is 6.20 Å². The van der Waals surface area contributed by atoms with Gasteiger partial charge in [-0.1, -0.05) is 13.8 Å². The van der Waals surface area contributed by atoms with Crippen LogP contribution in [0.2, 0.25) is 0 Å². The van der Waals surface area contributed by atoms with Gasteiger partial charge in [0.1, 0.15) is 5.82 Å². The van der Waals surface area contributed by atoms with E-state index in [1.807, 2.05) is 32.9 Å². The summed E-state index contributed by atoms with van der Waals surface area (Å²) in [4.78, 5) is 16.2. The van der Waals surface area contributed by atoms with Crippen LogP contribution in [0.15, 0.2) is 22.8 Å². The fourth-order valence-electron chi connectivity index (χ4n) is 1.65. The van der Waals surface area contributed by atoms with E-state index in [0.717, 1.165) is 11.3 Å². The van der Waals surface area contributed by atoms with E-state index in [-0.39, 0.29) is 11.8 Å². The van der Waals surface area contributed by atoms with Crippen LogP contribution in [0.5, 0.6) is 0 Å². The Morgan fingerprint density at radius 1 is 1.47 bits per heavy atom. The Morgan fingerprint density at radius 3 is 2.79 bits per heavy atom. The van der Waals surface area contributed by atoms with Crippen LogP contribution in [0.4, 0.5) is 5.82 Å². The van der Waals surface area contributed by atoms with Crippen molar-refractivity contribution in [3.05, 3.63) is 39.8 Å². The maximum atomic E-state index is 12.1. The molecule has 19 heavy (non-hydrogen) atoms. The van der Waals surface area contributed by atoms with Gasteiger partial charge in [-0.15, -0.1) is 0 Å². The number of amides is 1. The molecule has 0 saturated heterocycles. The van der Waals surface area contributed by atoms with E-state index >= 15 is 0 Å². The molecule has 0 unspecified atom stereocenters. The third-order valence-corrected chi connectivity index (χ3v) is 3.48. The predicted octanol–water partition coefficient (Wildman–Crippen LogP) is 3.25. The van der Waals surface area contributed by atoms with Crippen molar-refractivity contribution in [1.29, 1.82) is 0 Å². The molecule has 2 rings (SSSR count). The zero-order chi connectivity index (χ0) is 14.0. The number of pyridine rings is 1. The summed E-state index contributed by atoms with van der Waals surface area (Å²) in [6, 6.07) is 3.68. The van der Waals surface area contributed by atoms with Crippen LogP contribution in [-0.2, 0) is 0 Å². The van der Waals surface area contributed by atoms with Gasteiger partial charge in [0.05, 0.1) is 10.2 Å². The Bertz CT molecular complexity index is 606. The lowest BCUT2D eigenvalue weighted by Gasteiger charge is -2.04. The largest absolute Gasteiger partial charge is 0.305 e. The van der Waals surface area contributed by atoms with Crippen LogP contribution in [0.25, 0.3) is 0 Å². The van der Waals surface area contributed by atoms with E-state index in [9.17, 15) is 4.79 Å². The van der Waals surface area contributed by atoms with Crippen molar-refractivity contribution in [2.45, 2.75) is 26.7 Å². The average Bonchev–Trinajstić information content (AvgIpc) is 2.71. The molecule has 0 saturated carbocycles. The molecule has 0 aliphatic rings. The molecule has 2 heterocycles. The minimum atomic E-state index is -0.284. The molecule has 0 radical (unpaired) electrons. The van der Waals surface area contributed by atoms with E-state index in [0.29, 0.717) is 16.0 Å². The first-order chi connectivity index (χ1) is 8.99. The van der Waals surface area contributed by atoms with Crippen LogP contribution >= 0.6 is 15.9 Å². The second-order valence-corrected chi connectivity index (χ2v) is 5.42. The summed E-state index contributed by atoms with van der Waals surface area (Å²) in [6.45, 7) is 6.00. The lowest BCUT2D eigenvalue weighted by molar-refractivity contribution is 0.102. The van der Waals surface area contributed by atoms with E-state index in [4.69, 9.17) is 0 Å². The normalized spacial score (nSPS) is 10.8. The molecule has 2 N–H and O–H groups in total. The molecule has 0 spiro atoms. The number of halogens is 1. The van der Waals surface area contributed by atoms with Gasteiger partial charge in [0, 0.05) is 6.20 Å². The third kappa shape index (κ3) is 3.01. The summed E-state index contributed by atoms with van der Waals surface area (Å²) < 4.78 is 0.702. The van der Waals surface area contributed by atoms with Crippen LogP contribution in [-0.4, -0.2) is 21.1 Å². The zero-order valence-electron chi connectivity index (χ0n) is 11.0. The summed E-state index contributed by atoms with van der Waals surface area (Å²) >= 11 is 3.41. The Morgan fingerprint density at radius 2 is 2.21 bits per heavy atom. The van der Waals surface area contributed by atoms with Gasteiger partial charge in [-0.3, -0.25) is 9.89 Å². The number of aromatic amines is 1. The molecule has 5 nitrogen and oxygen atoms in total. The number of anilines is 1. The van der Waals surface area contributed by atoms with Gasteiger partial charge < -0.3 is 5.32 Å². The SMILES string of the molecule is Cc1ccnc(NC(=O)c2n[nH]c(C(C)C)c2Br)c1. The second kappa shape index (κ2) is 5.52. The minimum Gasteiger partial charge on any atom is -0.305 e. The van der Waals surface area contributed by atoms with E-state index in [1.165, 1.54) is 0 Å². The molecule has 0 aromatic carbocycles. The van der Waals surface area contributed by atoms with Gasteiger partial charge >= 0.3 is 0 Å². The Balaban J connectivity index is 2.21. The Labute approximate surface area is 120 Å². The summed E-state index contributed by atoms with van der Waals surface area (Å²) in [5, 5.41) is 9.65. The second-order valence-electron chi connectivity index (χ2n) is 4.63. The molecule has 0 fully saturated rings. The molecule has 2 aromatic rings. The Kier molecular flexibility index (Phi) is 3.99. The molecule has 0 atom stereocenters. The first-order valence-corrected chi connectivity index (χ1v) is 6.76. The average molecular weight is 323 g/mol. The zero-order valence-corrected chi connectivity index (χ0v) is 12.6. The molecular formula is C13H15BrN4O. The highest BCUT2D eigenvalue weighted by atomic mass is 79.9. The molecule has 0 aliphatic heterocycles. The molecule has 6 heteroatoms. The fourth-order valence-corrected chi connectivity index (χ4v) is 2.47. The number of aromatic nitrogens is 3. The highest BCUT2D eigenvalue weighted by Crippen LogP contribution is 2.25. The molecule has 2 aromatic heterocycles. The van der Waals surface area contributed by atoms with Crippen LogP contribution < -0.4 is 5.32 Å². The maximum absolute atomic E-state index is 12.1. The number of aryl methyl sites for hydroxylation is 1. The van der Waals surface area contributed by atoms with Crippen LogP contribution in [0, 0.1) is 6.92 Å². The standard InChI is InChI=1S/C13H15BrN4O/c1-7(2)11-10(14)12(18-17-11)13(19)16-9-6-8(3)4-5-15-9/h4-7H,1-3H3,(H,17,18)(H,15,16,19). The van der Waals surface area contributed by atoms with Gasteiger partial charge in [0.2, 0.25) is 0 Å². The number of H-pyrrole nitrogens is 1. The molecule has 1 amide bonds. The van der Waals surface area contributed by atoms with Crippen molar-refractivity contribution < 1.29 is 4.79 Å². The summed E-state index contributed by atoms with van der Waals surface area (Å²) in [6.07, 6.45) is 1.66. The first kappa shape index (κ1) is 13.7. The number of carbonyl (C=O) groups excluding carboxylic acids is 1. The van der Waals surface area contributed by atoms with Gasteiger partial charge in [-0.25, -0.2) is 4.98 Å². The summed E-state index contributed by atoms with van der Waals surface area (Å²) in [7, 11) is 0. The van der Waals surface area contributed by atoms with Crippen molar-refractivity contribution in [2.24, 2.45) is 0 Å². The maximum Gasteiger partial charge on any atom is 0.278 e.